The molecule has 1 aromatic heterocycles. The Kier molecular flexibility index (Phi) is 5.13. The fraction of sp³-hybridized carbons (Fsp3) is 0.0455. The van der Waals surface area contributed by atoms with Crippen LogP contribution in [0.3, 0.4) is 0 Å². The van der Waals surface area contributed by atoms with Gasteiger partial charge in [-0.2, -0.15) is 0 Å². The number of nitrogens with zero attached hydrogens (tertiary/aromatic N) is 1. The molecule has 146 valence electrons. The zero-order valence-corrected chi connectivity index (χ0v) is 17.0. The van der Waals surface area contributed by atoms with Crippen LogP contribution in [0.4, 0.5) is 5.69 Å². The van der Waals surface area contributed by atoms with Gasteiger partial charge < -0.3 is 4.74 Å². The van der Waals surface area contributed by atoms with E-state index in [9.17, 15) is 8.42 Å². The molecule has 5 nitrogen and oxygen atoms in total. The normalized spacial score (nSPS) is 11.4. The summed E-state index contributed by atoms with van der Waals surface area (Å²) in [7, 11) is -3.70. The molecule has 0 bridgehead atoms. The van der Waals surface area contributed by atoms with Crippen LogP contribution in [0.1, 0.15) is 5.56 Å². The van der Waals surface area contributed by atoms with Gasteiger partial charge in [0.2, 0.25) is 0 Å². The minimum Gasteiger partial charge on any atom is -0.455 e. The van der Waals surface area contributed by atoms with Crippen molar-refractivity contribution in [2.45, 2.75) is 11.8 Å². The van der Waals surface area contributed by atoms with Crippen LogP contribution in [0.25, 0.3) is 10.9 Å². The minimum absolute atomic E-state index is 0.138. The van der Waals surface area contributed by atoms with E-state index in [4.69, 9.17) is 16.3 Å². The predicted octanol–water partition coefficient (Wildman–Crippen LogP) is 5.79. The molecule has 0 saturated carbocycles. The molecule has 0 amide bonds. The maximum atomic E-state index is 12.5. The van der Waals surface area contributed by atoms with Gasteiger partial charge in [-0.3, -0.25) is 9.71 Å². The third kappa shape index (κ3) is 4.34. The van der Waals surface area contributed by atoms with E-state index in [-0.39, 0.29) is 4.90 Å². The van der Waals surface area contributed by atoms with Crippen molar-refractivity contribution in [1.29, 1.82) is 0 Å². The van der Waals surface area contributed by atoms with E-state index in [1.165, 1.54) is 24.3 Å². The second kappa shape index (κ2) is 7.73. The van der Waals surface area contributed by atoms with Crippen molar-refractivity contribution in [3.05, 3.63) is 89.6 Å². The van der Waals surface area contributed by atoms with Gasteiger partial charge in [0.05, 0.1) is 4.90 Å². The zero-order chi connectivity index (χ0) is 20.4. The molecule has 4 aromatic rings. The Morgan fingerprint density at radius 2 is 1.69 bits per heavy atom. The number of hydrogen-bond donors (Lipinski definition) is 1. The van der Waals surface area contributed by atoms with E-state index in [1.807, 2.05) is 31.2 Å². The molecule has 0 unspecified atom stereocenters. The molecule has 0 aliphatic heterocycles. The quantitative estimate of drug-likeness (QED) is 0.440. The summed E-state index contributed by atoms with van der Waals surface area (Å²) in [4.78, 5) is 4.54. The van der Waals surface area contributed by atoms with E-state index < -0.39 is 10.0 Å². The highest BCUT2D eigenvalue weighted by molar-refractivity contribution is 7.92. The van der Waals surface area contributed by atoms with Gasteiger partial charge in [-0.05, 0) is 79.2 Å². The van der Waals surface area contributed by atoms with E-state index in [1.54, 1.807) is 30.5 Å². The topological polar surface area (TPSA) is 68.3 Å². The standard InChI is InChI=1S/C22H17ClN2O3S/c1-15-13-16-3-2-12-24-22(16)21(14-15)28-19-8-6-18(7-9-19)25-29(26,27)20-10-4-17(23)5-11-20/h2-14,25H,1H3. The van der Waals surface area contributed by atoms with Crippen molar-refractivity contribution in [3.8, 4) is 11.5 Å². The number of ether oxygens (including phenoxy) is 1. The van der Waals surface area contributed by atoms with Crippen LogP contribution >= 0.6 is 11.6 Å². The number of halogens is 1. The average molecular weight is 425 g/mol. The van der Waals surface area contributed by atoms with E-state index in [0.29, 0.717) is 22.2 Å². The number of aromatic nitrogens is 1. The Morgan fingerprint density at radius 1 is 0.966 bits per heavy atom. The number of pyridine rings is 1. The van der Waals surface area contributed by atoms with Crippen LogP contribution in [0.15, 0.2) is 83.9 Å². The average Bonchev–Trinajstić information content (AvgIpc) is 2.69. The largest absolute Gasteiger partial charge is 0.455 e. The number of rotatable bonds is 5. The smallest absolute Gasteiger partial charge is 0.261 e. The summed E-state index contributed by atoms with van der Waals surface area (Å²) in [6, 6.07) is 20.5. The number of sulfonamides is 1. The molecule has 0 fully saturated rings. The Hall–Kier alpha value is -3.09. The van der Waals surface area contributed by atoms with Crippen LogP contribution in [0, 0.1) is 6.92 Å². The first-order valence-corrected chi connectivity index (χ1v) is 10.7. The molecule has 0 saturated heterocycles. The Balaban J connectivity index is 1.55. The minimum atomic E-state index is -3.70. The summed E-state index contributed by atoms with van der Waals surface area (Å²) in [5.41, 5.74) is 2.26. The maximum absolute atomic E-state index is 12.5. The van der Waals surface area contributed by atoms with Crippen molar-refractivity contribution in [1.82, 2.24) is 4.98 Å². The van der Waals surface area contributed by atoms with E-state index in [2.05, 4.69) is 9.71 Å². The summed E-state index contributed by atoms with van der Waals surface area (Å²) in [6.07, 6.45) is 1.72. The fourth-order valence-electron chi connectivity index (χ4n) is 2.93. The Labute approximate surface area is 174 Å². The lowest BCUT2D eigenvalue weighted by Gasteiger charge is -2.11. The van der Waals surface area contributed by atoms with Gasteiger partial charge >= 0.3 is 0 Å². The van der Waals surface area contributed by atoms with Crippen molar-refractivity contribution in [2.24, 2.45) is 0 Å². The lowest BCUT2D eigenvalue weighted by Crippen LogP contribution is -2.12. The van der Waals surface area contributed by atoms with Gasteiger partial charge in [-0.1, -0.05) is 17.7 Å². The summed E-state index contributed by atoms with van der Waals surface area (Å²) >= 11 is 5.82. The van der Waals surface area contributed by atoms with Gasteiger partial charge in [0.1, 0.15) is 11.3 Å². The molecule has 0 atom stereocenters. The summed E-state index contributed by atoms with van der Waals surface area (Å²) in [5, 5.41) is 1.47. The molecule has 1 heterocycles. The van der Waals surface area contributed by atoms with Gasteiger partial charge in [0, 0.05) is 22.3 Å². The zero-order valence-electron chi connectivity index (χ0n) is 15.5. The molecule has 7 heteroatoms. The van der Waals surface area contributed by atoms with Gasteiger partial charge in [-0.25, -0.2) is 8.42 Å². The maximum Gasteiger partial charge on any atom is 0.261 e. The van der Waals surface area contributed by atoms with Crippen LogP contribution < -0.4 is 9.46 Å². The number of benzene rings is 3. The summed E-state index contributed by atoms with van der Waals surface area (Å²) in [5.74, 6) is 1.23. The molecule has 0 radical (unpaired) electrons. The first kappa shape index (κ1) is 19.2. The molecule has 0 spiro atoms. The third-order valence-corrected chi connectivity index (χ3v) is 5.92. The van der Waals surface area contributed by atoms with E-state index in [0.717, 1.165) is 16.5 Å². The predicted molar refractivity (Wildman–Crippen MR) is 115 cm³/mol. The number of aryl methyl sites for hydroxylation is 1. The molecular weight excluding hydrogens is 408 g/mol. The first-order valence-electron chi connectivity index (χ1n) is 8.82. The van der Waals surface area contributed by atoms with Crippen molar-refractivity contribution in [3.63, 3.8) is 0 Å². The molecular formula is C22H17ClN2O3S. The van der Waals surface area contributed by atoms with Gasteiger partial charge in [-0.15, -0.1) is 0 Å². The SMILES string of the molecule is Cc1cc(Oc2ccc(NS(=O)(=O)c3ccc(Cl)cc3)cc2)c2ncccc2c1. The van der Waals surface area contributed by atoms with Crippen molar-refractivity contribution >= 4 is 38.2 Å². The second-order valence-corrected chi connectivity index (χ2v) is 8.64. The molecule has 3 aromatic carbocycles. The Bertz CT molecular complexity index is 1270. The lowest BCUT2D eigenvalue weighted by atomic mass is 10.1. The lowest BCUT2D eigenvalue weighted by molar-refractivity contribution is 0.487. The number of fused-ring (bicyclic) bond motifs is 1. The highest BCUT2D eigenvalue weighted by Gasteiger charge is 2.14. The fourth-order valence-corrected chi connectivity index (χ4v) is 4.11. The Morgan fingerprint density at radius 3 is 2.41 bits per heavy atom. The number of anilines is 1. The van der Waals surface area contributed by atoms with Crippen molar-refractivity contribution < 1.29 is 13.2 Å². The van der Waals surface area contributed by atoms with Gasteiger partial charge in [0.25, 0.3) is 10.0 Å². The molecule has 0 aliphatic rings. The van der Waals surface area contributed by atoms with Gasteiger partial charge in [0.15, 0.2) is 5.75 Å². The first-order chi connectivity index (χ1) is 13.9. The molecule has 0 aliphatic carbocycles. The van der Waals surface area contributed by atoms with Crippen LogP contribution in [0.5, 0.6) is 11.5 Å². The van der Waals surface area contributed by atoms with Crippen LogP contribution in [-0.4, -0.2) is 13.4 Å². The molecule has 1 N–H and O–H groups in total. The highest BCUT2D eigenvalue weighted by Crippen LogP contribution is 2.30. The van der Waals surface area contributed by atoms with Crippen molar-refractivity contribution in [2.75, 3.05) is 4.72 Å². The molecule has 4 rings (SSSR count). The summed E-state index contributed by atoms with van der Waals surface area (Å²) in [6.45, 7) is 1.99. The van der Waals surface area contributed by atoms with Crippen LogP contribution in [0.2, 0.25) is 5.02 Å². The summed E-state index contributed by atoms with van der Waals surface area (Å²) < 4.78 is 33.5. The molecule has 29 heavy (non-hydrogen) atoms. The number of nitrogens with one attached hydrogen (secondary N) is 1. The number of hydrogen-bond acceptors (Lipinski definition) is 4. The third-order valence-electron chi connectivity index (χ3n) is 4.27. The van der Waals surface area contributed by atoms with Crippen LogP contribution in [-0.2, 0) is 10.0 Å². The second-order valence-electron chi connectivity index (χ2n) is 6.52. The van der Waals surface area contributed by atoms with E-state index >= 15 is 0 Å². The highest BCUT2D eigenvalue weighted by atomic mass is 35.5. The monoisotopic (exact) mass is 424 g/mol.